The first kappa shape index (κ1) is 9.83. The molecular weight excluding hydrogens is 232 g/mol. The Morgan fingerprint density at radius 2 is 2.21 bits per heavy atom. The zero-order valence-electron chi connectivity index (χ0n) is 7.52. The quantitative estimate of drug-likeness (QED) is 0.727. The normalized spacial score (nSPS) is 10.1. The molecule has 14 heavy (non-hydrogen) atoms. The van der Waals surface area contributed by atoms with Gasteiger partial charge in [0, 0.05) is 10.3 Å². The molecule has 1 heterocycles. The summed E-state index contributed by atoms with van der Waals surface area (Å²) in [7, 11) is 1.68. The molecule has 0 atom stereocenters. The second-order valence-electron chi connectivity index (χ2n) is 2.68. The Hall–Kier alpha value is -0.710. The summed E-state index contributed by atoms with van der Waals surface area (Å²) in [6, 6.07) is 8.01. The monoisotopic (exact) mass is 240 g/mol. The van der Waals surface area contributed by atoms with Crippen molar-refractivity contribution in [2.45, 2.75) is 0 Å². The Morgan fingerprint density at radius 1 is 1.36 bits per heavy atom. The average molecular weight is 240 g/mol. The topological polar surface area (TPSA) is 9.23 Å². The Morgan fingerprint density at radius 3 is 2.86 bits per heavy atom. The lowest BCUT2D eigenvalue weighted by molar-refractivity contribution is 0.415. The molecule has 0 amide bonds. The van der Waals surface area contributed by atoms with E-state index in [1.54, 1.807) is 29.8 Å². The van der Waals surface area contributed by atoms with Crippen molar-refractivity contribution >= 4 is 34.9 Å². The van der Waals surface area contributed by atoms with Crippen molar-refractivity contribution < 1.29 is 4.74 Å². The second kappa shape index (κ2) is 4.21. The summed E-state index contributed by atoms with van der Waals surface area (Å²) in [5, 5.41) is 2.09. The number of hydrogen-bond acceptors (Lipinski definition) is 4. The first-order valence-electron chi connectivity index (χ1n) is 4.02. The molecule has 1 aromatic heterocycles. The third-order valence-electron chi connectivity index (χ3n) is 1.81. The molecule has 2 rings (SSSR count). The van der Waals surface area contributed by atoms with Crippen LogP contribution in [0.25, 0.3) is 10.4 Å². The first-order valence-corrected chi connectivity index (χ1v) is 6.13. The van der Waals surface area contributed by atoms with Gasteiger partial charge in [-0.3, -0.25) is 0 Å². The van der Waals surface area contributed by atoms with Crippen molar-refractivity contribution in [3.8, 4) is 16.2 Å². The van der Waals surface area contributed by atoms with Crippen LogP contribution in [-0.2, 0) is 0 Å². The molecular formula is C10H8OS3. The Kier molecular flexibility index (Phi) is 2.96. The van der Waals surface area contributed by atoms with Gasteiger partial charge in [0.1, 0.15) is 8.89 Å². The van der Waals surface area contributed by atoms with E-state index in [1.165, 1.54) is 10.4 Å². The van der Waals surface area contributed by atoms with Gasteiger partial charge >= 0.3 is 0 Å². The summed E-state index contributed by atoms with van der Waals surface area (Å²) >= 11 is 8.34. The third-order valence-corrected chi connectivity index (χ3v) is 4.32. The molecule has 0 unspecified atom stereocenters. The molecule has 0 aliphatic carbocycles. The minimum atomic E-state index is 0.881. The Bertz CT molecular complexity index is 484. The predicted molar refractivity (Wildman–Crippen MR) is 65.0 cm³/mol. The highest BCUT2D eigenvalue weighted by molar-refractivity contribution is 7.76. The van der Waals surface area contributed by atoms with E-state index in [0.29, 0.717) is 0 Å². The highest BCUT2D eigenvalue weighted by atomic mass is 32.2. The Balaban J connectivity index is 2.46. The van der Waals surface area contributed by atoms with E-state index in [4.69, 9.17) is 17.0 Å². The van der Waals surface area contributed by atoms with Gasteiger partial charge in [-0.2, -0.15) is 0 Å². The number of methoxy groups -OCH3 is 1. The molecule has 0 saturated heterocycles. The summed E-state index contributed by atoms with van der Waals surface area (Å²) in [6.45, 7) is 0. The fourth-order valence-electron chi connectivity index (χ4n) is 1.14. The predicted octanol–water partition coefficient (Wildman–Crippen LogP) is 4.21. The molecule has 72 valence electrons. The number of benzene rings is 1. The maximum Gasteiger partial charge on any atom is 0.144 e. The van der Waals surface area contributed by atoms with Crippen molar-refractivity contribution in [2.75, 3.05) is 7.11 Å². The van der Waals surface area contributed by atoms with E-state index in [2.05, 4.69) is 11.4 Å². The van der Waals surface area contributed by atoms with Gasteiger partial charge in [0.05, 0.1) is 7.11 Å². The van der Waals surface area contributed by atoms with Gasteiger partial charge in [-0.05, 0) is 17.7 Å². The molecule has 0 aliphatic heterocycles. The van der Waals surface area contributed by atoms with Crippen LogP contribution >= 0.6 is 34.9 Å². The molecule has 0 saturated carbocycles. The number of rotatable bonds is 2. The van der Waals surface area contributed by atoms with Crippen molar-refractivity contribution in [3.63, 3.8) is 0 Å². The van der Waals surface area contributed by atoms with Crippen molar-refractivity contribution in [2.24, 2.45) is 0 Å². The third kappa shape index (κ3) is 2.03. The van der Waals surface area contributed by atoms with E-state index >= 15 is 0 Å². The molecule has 0 fully saturated rings. The van der Waals surface area contributed by atoms with Gasteiger partial charge in [-0.25, -0.2) is 0 Å². The average Bonchev–Trinajstić information content (AvgIpc) is 2.65. The van der Waals surface area contributed by atoms with Crippen LogP contribution in [0.15, 0.2) is 29.6 Å². The van der Waals surface area contributed by atoms with Crippen LogP contribution in [0, 0.1) is 3.14 Å². The summed E-state index contributed by atoms with van der Waals surface area (Å²) < 4.78 is 6.13. The lowest BCUT2D eigenvalue weighted by Crippen LogP contribution is -1.81. The fraction of sp³-hybridized carbons (Fsp3) is 0.100. The Labute approximate surface area is 95.6 Å². The molecule has 1 nitrogen and oxygen atoms in total. The van der Waals surface area contributed by atoms with Crippen LogP contribution in [-0.4, -0.2) is 7.11 Å². The van der Waals surface area contributed by atoms with Gasteiger partial charge in [0.15, 0.2) is 0 Å². The summed E-state index contributed by atoms with van der Waals surface area (Å²) in [4.78, 5) is 1.21. The summed E-state index contributed by atoms with van der Waals surface area (Å²) in [5.41, 5.74) is 1.17. The van der Waals surface area contributed by atoms with Crippen molar-refractivity contribution in [1.29, 1.82) is 0 Å². The second-order valence-corrected chi connectivity index (χ2v) is 5.80. The largest absolute Gasteiger partial charge is 0.497 e. The molecule has 4 heteroatoms. The van der Waals surface area contributed by atoms with Crippen LogP contribution in [0.1, 0.15) is 0 Å². The van der Waals surface area contributed by atoms with Gasteiger partial charge in [-0.15, -0.1) is 22.7 Å². The molecule has 1 aromatic carbocycles. The first-order chi connectivity index (χ1) is 6.79. The van der Waals surface area contributed by atoms with Crippen LogP contribution in [0.4, 0.5) is 0 Å². The van der Waals surface area contributed by atoms with E-state index < -0.39 is 0 Å². The molecule has 0 bridgehead atoms. The molecule has 0 radical (unpaired) electrons. The molecule has 0 N–H and O–H groups in total. The minimum absolute atomic E-state index is 0.881. The maximum atomic E-state index is 5.17. The van der Waals surface area contributed by atoms with Crippen LogP contribution < -0.4 is 4.74 Å². The molecule has 0 spiro atoms. The smallest absolute Gasteiger partial charge is 0.144 e. The van der Waals surface area contributed by atoms with Crippen LogP contribution in [0.5, 0.6) is 5.75 Å². The summed E-state index contributed by atoms with van der Waals surface area (Å²) in [6.07, 6.45) is 0. The highest BCUT2D eigenvalue weighted by Crippen LogP contribution is 2.30. The van der Waals surface area contributed by atoms with Gasteiger partial charge in [-0.1, -0.05) is 24.4 Å². The zero-order chi connectivity index (χ0) is 9.97. The SMILES string of the molecule is COc1cccc(-c2csc(=S)s2)c1. The van der Waals surface area contributed by atoms with E-state index in [9.17, 15) is 0 Å². The van der Waals surface area contributed by atoms with Gasteiger partial charge < -0.3 is 4.74 Å². The highest BCUT2D eigenvalue weighted by Gasteiger charge is 2.01. The van der Waals surface area contributed by atoms with Crippen LogP contribution in [0.2, 0.25) is 0 Å². The molecule has 2 aromatic rings. The van der Waals surface area contributed by atoms with Crippen molar-refractivity contribution in [1.82, 2.24) is 0 Å². The van der Waals surface area contributed by atoms with E-state index in [-0.39, 0.29) is 0 Å². The summed E-state index contributed by atoms with van der Waals surface area (Å²) in [5.74, 6) is 0.881. The lowest BCUT2D eigenvalue weighted by Gasteiger charge is -2.01. The number of hydrogen-bond donors (Lipinski definition) is 0. The van der Waals surface area contributed by atoms with Crippen molar-refractivity contribution in [3.05, 3.63) is 32.8 Å². The van der Waals surface area contributed by atoms with E-state index in [0.717, 1.165) is 8.89 Å². The van der Waals surface area contributed by atoms with Gasteiger partial charge in [0.25, 0.3) is 0 Å². The fourth-order valence-corrected chi connectivity index (χ4v) is 3.26. The standard InChI is InChI=1S/C10H8OS3/c1-11-8-4-2-3-7(5-8)9-6-13-10(12)14-9/h2-6H,1H3. The number of ether oxygens (including phenoxy) is 1. The molecule has 0 aliphatic rings. The minimum Gasteiger partial charge on any atom is -0.497 e. The van der Waals surface area contributed by atoms with Crippen LogP contribution in [0.3, 0.4) is 0 Å². The zero-order valence-corrected chi connectivity index (χ0v) is 9.97. The van der Waals surface area contributed by atoms with E-state index in [1.807, 2.05) is 18.2 Å². The van der Waals surface area contributed by atoms with Gasteiger partial charge in [0.2, 0.25) is 0 Å². The lowest BCUT2D eigenvalue weighted by atomic mass is 10.2. The maximum absolute atomic E-state index is 5.17.